The second-order valence-corrected chi connectivity index (χ2v) is 6.87. The molecule has 104 valence electrons. The van der Waals surface area contributed by atoms with Crippen molar-refractivity contribution < 1.29 is 4.79 Å². The number of nitrogens with one attached hydrogen (secondary N) is 2. The maximum Gasteiger partial charge on any atom is 0.223 e. The van der Waals surface area contributed by atoms with E-state index in [9.17, 15) is 4.79 Å². The van der Waals surface area contributed by atoms with Crippen LogP contribution in [0.1, 0.15) is 52.9 Å². The van der Waals surface area contributed by atoms with Gasteiger partial charge in [0.25, 0.3) is 0 Å². The lowest BCUT2D eigenvalue weighted by Gasteiger charge is -2.39. The lowest BCUT2D eigenvalue weighted by atomic mass is 9.68. The minimum Gasteiger partial charge on any atom is -0.353 e. The molecule has 2 aliphatic rings. The fourth-order valence-corrected chi connectivity index (χ4v) is 3.49. The minimum atomic E-state index is 0.179. The molecule has 1 amide bonds. The van der Waals surface area contributed by atoms with Crippen molar-refractivity contribution in [3.8, 4) is 0 Å². The van der Waals surface area contributed by atoms with Crippen molar-refractivity contribution >= 4 is 5.91 Å². The van der Waals surface area contributed by atoms with Gasteiger partial charge in [-0.15, -0.1) is 0 Å². The largest absolute Gasteiger partial charge is 0.353 e. The average molecular weight is 252 g/mol. The molecule has 2 fully saturated rings. The second-order valence-electron chi connectivity index (χ2n) is 6.87. The summed E-state index contributed by atoms with van der Waals surface area (Å²) in [7, 11) is 0. The highest BCUT2D eigenvalue weighted by molar-refractivity contribution is 5.79. The zero-order chi connectivity index (χ0) is 13.2. The van der Waals surface area contributed by atoms with E-state index in [0.29, 0.717) is 17.9 Å². The Morgan fingerprint density at radius 3 is 2.72 bits per heavy atom. The molecule has 0 aromatic heterocycles. The smallest absolute Gasteiger partial charge is 0.223 e. The molecule has 2 rings (SSSR count). The average Bonchev–Trinajstić information content (AvgIpc) is 2.31. The van der Waals surface area contributed by atoms with Crippen molar-refractivity contribution in [2.75, 3.05) is 13.1 Å². The summed E-state index contributed by atoms with van der Waals surface area (Å²) in [6, 6.07) is 0.372. The van der Waals surface area contributed by atoms with Gasteiger partial charge in [0, 0.05) is 12.0 Å². The van der Waals surface area contributed by atoms with Gasteiger partial charge in [-0.3, -0.25) is 4.79 Å². The topological polar surface area (TPSA) is 41.1 Å². The monoisotopic (exact) mass is 252 g/mol. The molecule has 0 radical (unpaired) electrons. The van der Waals surface area contributed by atoms with Gasteiger partial charge >= 0.3 is 0 Å². The van der Waals surface area contributed by atoms with Crippen molar-refractivity contribution in [3.05, 3.63) is 0 Å². The summed E-state index contributed by atoms with van der Waals surface area (Å²) in [5.41, 5.74) is 0.179. The van der Waals surface area contributed by atoms with Crippen LogP contribution >= 0.6 is 0 Å². The number of hydrogen-bond donors (Lipinski definition) is 2. The molecule has 3 unspecified atom stereocenters. The highest BCUT2D eigenvalue weighted by Crippen LogP contribution is 2.40. The van der Waals surface area contributed by atoms with E-state index in [-0.39, 0.29) is 11.3 Å². The Bertz CT molecular complexity index is 301. The second kappa shape index (κ2) is 5.60. The zero-order valence-corrected chi connectivity index (χ0v) is 12.1. The molecule has 1 aliphatic carbocycles. The van der Waals surface area contributed by atoms with E-state index in [1.807, 2.05) is 0 Å². The number of carbonyl (C=O) groups is 1. The van der Waals surface area contributed by atoms with E-state index >= 15 is 0 Å². The Kier molecular flexibility index (Phi) is 4.31. The Balaban J connectivity index is 1.94. The van der Waals surface area contributed by atoms with E-state index in [4.69, 9.17) is 0 Å². The van der Waals surface area contributed by atoms with Crippen LogP contribution in [0.4, 0.5) is 0 Å². The van der Waals surface area contributed by atoms with E-state index in [1.54, 1.807) is 0 Å². The van der Waals surface area contributed by atoms with Crippen LogP contribution in [0.25, 0.3) is 0 Å². The summed E-state index contributed by atoms with van der Waals surface area (Å²) in [6.45, 7) is 8.79. The minimum absolute atomic E-state index is 0.179. The van der Waals surface area contributed by atoms with Crippen LogP contribution in [-0.2, 0) is 4.79 Å². The van der Waals surface area contributed by atoms with Gasteiger partial charge in [0.15, 0.2) is 0 Å². The highest BCUT2D eigenvalue weighted by atomic mass is 16.2. The van der Waals surface area contributed by atoms with Crippen LogP contribution in [0.2, 0.25) is 0 Å². The van der Waals surface area contributed by atoms with Gasteiger partial charge in [0.2, 0.25) is 5.91 Å². The summed E-state index contributed by atoms with van der Waals surface area (Å²) < 4.78 is 0. The SMILES string of the molecule is CC1CNCCC1NC(=O)C1CCCCC1(C)C. The van der Waals surface area contributed by atoms with Gasteiger partial charge in [0.05, 0.1) is 0 Å². The third-order valence-electron chi connectivity index (χ3n) is 4.94. The first-order valence-electron chi connectivity index (χ1n) is 7.52. The molecule has 2 N–H and O–H groups in total. The molecule has 3 heteroatoms. The lowest BCUT2D eigenvalue weighted by Crippen LogP contribution is -2.51. The Morgan fingerprint density at radius 2 is 2.06 bits per heavy atom. The van der Waals surface area contributed by atoms with Gasteiger partial charge in [-0.2, -0.15) is 0 Å². The first-order valence-corrected chi connectivity index (χ1v) is 7.52. The first kappa shape index (κ1) is 13.9. The van der Waals surface area contributed by atoms with Gasteiger partial charge in [0.1, 0.15) is 0 Å². The molecule has 1 heterocycles. The van der Waals surface area contributed by atoms with Crippen LogP contribution in [0.15, 0.2) is 0 Å². The summed E-state index contributed by atoms with van der Waals surface area (Å²) >= 11 is 0. The van der Waals surface area contributed by atoms with Crippen LogP contribution in [0, 0.1) is 17.3 Å². The molecule has 1 saturated heterocycles. The van der Waals surface area contributed by atoms with Crippen LogP contribution in [0.5, 0.6) is 0 Å². The van der Waals surface area contributed by atoms with Crippen LogP contribution in [-0.4, -0.2) is 25.0 Å². The highest BCUT2D eigenvalue weighted by Gasteiger charge is 2.38. The third kappa shape index (κ3) is 3.05. The number of carbonyl (C=O) groups excluding carboxylic acids is 1. The molecule has 0 aromatic carbocycles. The summed E-state index contributed by atoms with van der Waals surface area (Å²) in [5, 5.41) is 6.70. The molecule has 1 aliphatic heterocycles. The Labute approximate surface area is 111 Å². The molecular formula is C15H28N2O. The number of piperidine rings is 1. The number of rotatable bonds is 2. The van der Waals surface area contributed by atoms with Crippen molar-refractivity contribution in [1.82, 2.24) is 10.6 Å². The molecule has 3 nitrogen and oxygen atoms in total. The van der Waals surface area contributed by atoms with Gasteiger partial charge in [-0.25, -0.2) is 0 Å². The Hall–Kier alpha value is -0.570. The standard InChI is InChI=1S/C15H28N2O/c1-11-10-16-9-7-13(11)17-14(18)12-6-4-5-8-15(12,2)3/h11-13,16H,4-10H2,1-3H3,(H,17,18). The van der Waals surface area contributed by atoms with E-state index < -0.39 is 0 Å². The lowest BCUT2D eigenvalue weighted by molar-refractivity contribution is -0.131. The third-order valence-corrected chi connectivity index (χ3v) is 4.94. The van der Waals surface area contributed by atoms with Gasteiger partial charge in [-0.1, -0.05) is 33.6 Å². The first-order chi connectivity index (χ1) is 8.50. The summed E-state index contributed by atoms with van der Waals surface area (Å²) in [6.07, 6.45) is 5.81. The molecule has 0 bridgehead atoms. The number of hydrogen-bond acceptors (Lipinski definition) is 2. The van der Waals surface area contributed by atoms with Crippen molar-refractivity contribution in [1.29, 1.82) is 0 Å². The van der Waals surface area contributed by atoms with Crippen molar-refractivity contribution in [2.24, 2.45) is 17.3 Å². The normalized spacial score (nSPS) is 36.1. The summed E-state index contributed by atoms with van der Waals surface area (Å²) in [4.78, 5) is 12.5. The fourth-order valence-electron chi connectivity index (χ4n) is 3.49. The van der Waals surface area contributed by atoms with Gasteiger partial charge < -0.3 is 10.6 Å². The van der Waals surface area contributed by atoms with E-state index in [2.05, 4.69) is 31.4 Å². The van der Waals surface area contributed by atoms with Crippen LogP contribution in [0.3, 0.4) is 0 Å². The zero-order valence-electron chi connectivity index (χ0n) is 12.1. The van der Waals surface area contributed by atoms with E-state index in [0.717, 1.165) is 25.9 Å². The quantitative estimate of drug-likeness (QED) is 0.792. The van der Waals surface area contributed by atoms with Crippen LogP contribution < -0.4 is 10.6 Å². The Morgan fingerprint density at radius 1 is 1.28 bits per heavy atom. The molecular weight excluding hydrogens is 224 g/mol. The maximum absolute atomic E-state index is 12.5. The maximum atomic E-state index is 12.5. The molecule has 18 heavy (non-hydrogen) atoms. The van der Waals surface area contributed by atoms with Crippen molar-refractivity contribution in [2.45, 2.75) is 58.9 Å². The van der Waals surface area contributed by atoms with E-state index in [1.165, 1.54) is 19.3 Å². The fraction of sp³-hybridized carbons (Fsp3) is 0.933. The summed E-state index contributed by atoms with van der Waals surface area (Å²) in [5.74, 6) is 1.07. The van der Waals surface area contributed by atoms with Gasteiger partial charge in [-0.05, 0) is 43.7 Å². The molecule has 3 atom stereocenters. The number of amides is 1. The predicted octanol–water partition coefficient (Wildman–Crippen LogP) is 2.32. The predicted molar refractivity (Wildman–Crippen MR) is 74.3 cm³/mol. The van der Waals surface area contributed by atoms with Crippen molar-refractivity contribution in [3.63, 3.8) is 0 Å². The molecule has 0 aromatic rings. The molecule has 0 spiro atoms. The molecule has 1 saturated carbocycles.